The number of benzene rings is 1. The minimum Gasteiger partial charge on any atom is -0.352 e. The molecule has 2 aromatic heterocycles. The van der Waals surface area contributed by atoms with E-state index in [2.05, 4.69) is 15.6 Å². The lowest BCUT2D eigenvalue weighted by Crippen LogP contribution is -2.32. The Hall–Kier alpha value is -2.55. The van der Waals surface area contributed by atoms with Crippen molar-refractivity contribution in [2.75, 3.05) is 11.9 Å². The average molecular weight is 461 g/mol. The molecule has 0 spiro atoms. The van der Waals surface area contributed by atoms with Gasteiger partial charge in [-0.15, -0.1) is 11.3 Å². The highest BCUT2D eigenvalue weighted by Gasteiger charge is 2.40. The van der Waals surface area contributed by atoms with E-state index in [0.717, 1.165) is 10.6 Å². The number of nitrogens with one attached hydrogen (secondary N) is 2. The first-order valence-electron chi connectivity index (χ1n) is 9.30. The standard InChI is InChI=1S/C21H18ClFN4OS2/c22-17-9-8-16(30-17)20-19(15-7-3-4-11-24-15)26-21(29)27(20)12-10-18(28)25-14-6-2-1-5-13(14)23/h1-9,11,19-20H,10,12H2,(H,25,28)(H,26,29)/t19-,20+/m1/s1. The van der Waals surface area contributed by atoms with E-state index in [1.165, 1.54) is 23.5 Å². The van der Waals surface area contributed by atoms with Crippen LogP contribution in [0.5, 0.6) is 0 Å². The second-order valence-electron chi connectivity index (χ2n) is 6.74. The summed E-state index contributed by atoms with van der Waals surface area (Å²) in [6, 6.07) is 15.3. The van der Waals surface area contributed by atoms with E-state index in [1.807, 2.05) is 35.2 Å². The lowest BCUT2D eigenvalue weighted by molar-refractivity contribution is -0.116. The molecule has 0 unspecified atom stereocenters. The zero-order valence-electron chi connectivity index (χ0n) is 15.7. The molecular weight excluding hydrogens is 443 g/mol. The van der Waals surface area contributed by atoms with Crippen molar-refractivity contribution in [2.24, 2.45) is 0 Å². The largest absolute Gasteiger partial charge is 0.352 e. The number of hydrogen-bond acceptors (Lipinski definition) is 4. The van der Waals surface area contributed by atoms with Crippen LogP contribution in [0.1, 0.15) is 29.1 Å². The van der Waals surface area contributed by atoms with Gasteiger partial charge < -0.3 is 15.5 Å². The van der Waals surface area contributed by atoms with Crippen LogP contribution < -0.4 is 10.6 Å². The van der Waals surface area contributed by atoms with Gasteiger partial charge in [0.1, 0.15) is 5.82 Å². The maximum atomic E-state index is 13.8. The molecule has 1 aliphatic heterocycles. The number of hydrogen-bond donors (Lipinski definition) is 2. The molecule has 1 amide bonds. The van der Waals surface area contributed by atoms with Crippen LogP contribution in [-0.4, -0.2) is 27.4 Å². The van der Waals surface area contributed by atoms with Crippen molar-refractivity contribution >= 4 is 51.9 Å². The van der Waals surface area contributed by atoms with Crippen molar-refractivity contribution in [3.05, 3.63) is 81.5 Å². The second kappa shape index (κ2) is 9.07. The number of aromatic nitrogens is 1. The van der Waals surface area contributed by atoms with Gasteiger partial charge in [0.25, 0.3) is 0 Å². The van der Waals surface area contributed by atoms with Gasteiger partial charge in [-0.05, 0) is 48.6 Å². The summed E-state index contributed by atoms with van der Waals surface area (Å²) in [5.41, 5.74) is 1.02. The first kappa shape index (κ1) is 20.7. The highest BCUT2D eigenvalue weighted by molar-refractivity contribution is 7.80. The van der Waals surface area contributed by atoms with Gasteiger partial charge in [0.2, 0.25) is 5.91 Å². The maximum Gasteiger partial charge on any atom is 0.226 e. The van der Waals surface area contributed by atoms with Crippen molar-refractivity contribution in [3.63, 3.8) is 0 Å². The fourth-order valence-corrected chi connectivity index (χ4v) is 4.98. The van der Waals surface area contributed by atoms with Gasteiger partial charge in [0, 0.05) is 24.0 Å². The Balaban J connectivity index is 1.52. The number of rotatable bonds is 6. The zero-order chi connectivity index (χ0) is 21.1. The van der Waals surface area contributed by atoms with Crippen molar-refractivity contribution in [1.29, 1.82) is 0 Å². The van der Waals surface area contributed by atoms with E-state index in [1.54, 1.807) is 18.3 Å². The lowest BCUT2D eigenvalue weighted by atomic mass is 10.0. The molecule has 3 heterocycles. The third kappa shape index (κ3) is 4.45. The molecule has 1 aromatic carbocycles. The molecule has 0 bridgehead atoms. The fourth-order valence-electron chi connectivity index (χ4n) is 3.44. The van der Waals surface area contributed by atoms with E-state index < -0.39 is 5.82 Å². The van der Waals surface area contributed by atoms with E-state index >= 15 is 0 Å². The van der Waals surface area contributed by atoms with Crippen LogP contribution in [0.15, 0.2) is 60.8 Å². The van der Waals surface area contributed by atoms with Gasteiger partial charge in [-0.2, -0.15) is 0 Å². The number of pyridine rings is 1. The molecule has 2 atom stereocenters. The SMILES string of the molecule is O=C(CCN1C(=S)N[C@H](c2ccccn2)[C@@H]1c1ccc(Cl)s1)Nc1ccccc1F. The number of thiophene rings is 1. The van der Waals surface area contributed by atoms with E-state index in [9.17, 15) is 9.18 Å². The number of anilines is 1. The third-order valence-electron chi connectivity index (χ3n) is 4.81. The van der Waals surface area contributed by atoms with Gasteiger partial charge in [-0.25, -0.2) is 4.39 Å². The highest BCUT2D eigenvalue weighted by Crippen LogP contribution is 2.42. The number of nitrogens with zero attached hydrogens (tertiary/aromatic N) is 2. The summed E-state index contributed by atoms with van der Waals surface area (Å²) in [6.45, 7) is 0.371. The number of halogens is 2. The molecule has 2 N–H and O–H groups in total. The van der Waals surface area contributed by atoms with Gasteiger partial charge in [-0.1, -0.05) is 29.8 Å². The fraction of sp³-hybridized carbons (Fsp3) is 0.190. The molecule has 4 rings (SSSR count). The average Bonchev–Trinajstić information content (AvgIpc) is 3.31. The number of carbonyl (C=O) groups is 1. The van der Waals surface area contributed by atoms with Crippen LogP contribution in [0.3, 0.4) is 0 Å². The van der Waals surface area contributed by atoms with Crippen molar-refractivity contribution in [1.82, 2.24) is 15.2 Å². The zero-order valence-corrected chi connectivity index (χ0v) is 18.1. The maximum absolute atomic E-state index is 13.8. The van der Waals surface area contributed by atoms with E-state index in [-0.39, 0.29) is 30.1 Å². The van der Waals surface area contributed by atoms with Crippen LogP contribution in [0.2, 0.25) is 4.34 Å². The molecule has 30 heavy (non-hydrogen) atoms. The topological polar surface area (TPSA) is 57.3 Å². The molecule has 3 aromatic rings. The Labute approximate surface area is 187 Å². The van der Waals surface area contributed by atoms with Crippen LogP contribution in [-0.2, 0) is 4.79 Å². The van der Waals surface area contributed by atoms with Crippen LogP contribution in [0.4, 0.5) is 10.1 Å². The molecule has 0 aliphatic carbocycles. The van der Waals surface area contributed by atoms with Gasteiger partial charge in [-0.3, -0.25) is 9.78 Å². The molecule has 9 heteroatoms. The van der Waals surface area contributed by atoms with E-state index in [0.29, 0.717) is 16.0 Å². The quantitative estimate of drug-likeness (QED) is 0.510. The van der Waals surface area contributed by atoms with Crippen LogP contribution >= 0.6 is 35.2 Å². The molecule has 1 saturated heterocycles. The molecule has 154 valence electrons. The summed E-state index contributed by atoms with van der Waals surface area (Å²) < 4.78 is 14.5. The molecule has 0 radical (unpaired) electrons. The van der Waals surface area contributed by atoms with Gasteiger partial charge in [0.15, 0.2) is 5.11 Å². The number of thiocarbonyl (C=S) groups is 1. The summed E-state index contributed by atoms with van der Waals surface area (Å²) >= 11 is 13.2. The second-order valence-corrected chi connectivity index (χ2v) is 8.87. The first-order chi connectivity index (χ1) is 14.5. The monoisotopic (exact) mass is 460 g/mol. The minimum atomic E-state index is -0.467. The first-order valence-corrected chi connectivity index (χ1v) is 10.9. The Morgan fingerprint density at radius 3 is 2.73 bits per heavy atom. The summed E-state index contributed by atoms with van der Waals surface area (Å²) in [5.74, 6) is -0.752. The Morgan fingerprint density at radius 2 is 2.03 bits per heavy atom. The summed E-state index contributed by atoms with van der Waals surface area (Å²) in [5, 5.41) is 6.48. The molecule has 0 saturated carbocycles. The normalized spacial score (nSPS) is 18.3. The van der Waals surface area contributed by atoms with Crippen LogP contribution in [0.25, 0.3) is 0 Å². The Kier molecular flexibility index (Phi) is 6.26. The molecular formula is C21H18ClFN4OS2. The van der Waals surface area contributed by atoms with E-state index in [4.69, 9.17) is 23.8 Å². The minimum absolute atomic E-state index is 0.147. The number of carbonyl (C=O) groups excluding carboxylic acids is 1. The molecule has 1 aliphatic rings. The molecule has 5 nitrogen and oxygen atoms in total. The number of amides is 1. The van der Waals surface area contributed by atoms with Crippen molar-refractivity contribution in [3.8, 4) is 0 Å². The highest BCUT2D eigenvalue weighted by atomic mass is 35.5. The predicted octanol–water partition coefficient (Wildman–Crippen LogP) is 4.94. The Morgan fingerprint density at radius 1 is 1.23 bits per heavy atom. The Bertz CT molecular complexity index is 1060. The summed E-state index contributed by atoms with van der Waals surface area (Å²) in [7, 11) is 0. The van der Waals surface area contributed by atoms with Crippen molar-refractivity contribution < 1.29 is 9.18 Å². The van der Waals surface area contributed by atoms with Gasteiger partial charge in [0.05, 0.1) is 27.8 Å². The summed E-state index contributed by atoms with van der Waals surface area (Å²) in [6.07, 6.45) is 1.89. The van der Waals surface area contributed by atoms with Crippen molar-refractivity contribution in [2.45, 2.75) is 18.5 Å². The number of para-hydroxylation sites is 1. The van der Waals surface area contributed by atoms with Gasteiger partial charge >= 0.3 is 0 Å². The third-order valence-corrected chi connectivity index (χ3v) is 6.47. The summed E-state index contributed by atoms with van der Waals surface area (Å²) in [4.78, 5) is 19.9. The molecule has 1 fully saturated rings. The smallest absolute Gasteiger partial charge is 0.226 e. The van der Waals surface area contributed by atoms with Crippen LogP contribution in [0, 0.1) is 5.82 Å². The predicted molar refractivity (Wildman–Crippen MR) is 121 cm³/mol. The lowest BCUT2D eigenvalue weighted by Gasteiger charge is -2.26.